The minimum Gasteiger partial charge on any atom is -0.264 e. The summed E-state index contributed by atoms with van der Waals surface area (Å²) < 4.78 is 2.94. The van der Waals surface area contributed by atoms with Gasteiger partial charge in [0.2, 0.25) is 0 Å². The highest BCUT2D eigenvalue weighted by molar-refractivity contribution is 7.95. The van der Waals surface area contributed by atoms with Crippen LogP contribution in [-0.2, 0) is 0 Å². The van der Waals surface area contributed by atoms with E-state index in [-0.39, 0.29) is 0 Å². The molecule has 44 valence electrons. The molecule has 0 aromatic rings. The number of nitrogens with two attached hydrogens (primary N) is 1. The van der Waals surface area contributed by atoms with Crippen molar-refractivity contribution in [2.24, 2.45) is 11.1 Å². The lowest BCUT2D eigenvalue weighted by atomic mass is 10.2. The third kappa shape index (κ3) is 6.27. The lowest BCUT2D eigenvalue weighted by molar-refractivity contribution is 0.640. The molecule has 0 aromatic heterocycles. The van der Waals surface area contributed by atoms with Crippen LogP contribution < -0.4 is 9.86 Å². The largest absolute Gasteiger partial charge is 0.264 e. The van der Waals surface area contributed by atoms with Gasteiger partial charge in [-0.25, -0.2) is 0 Å². The van der Waals surface area contributed by atoms with Gasteiger partial charge < -0.3 is 0 Å². The molecular formula is C4H12N2S. The first-order valence-electron chi connectivity index (χ1n) is 2.36. The van der Waals surface area contributed by atoms with E-state index in [2.05, 4.69) is 18.6 Å². The summed E-state index contributed by atoms with van der Waals surface area (Å²) in [5, 5.41) is 5.08. The van der Waals surface area contributed by atoms with Gasteiger partial charge in [-0.3, -0.25) is 9.86 Å². The smallest absolute Gasteiger partial charge is 0.00935 e. The van der Waals surface area contributed by atoms with Crippen molar-refractivity contribution in [3.63, 3.8) is 0 Å². The molecule has 0 aromatic carbocycles. The molecule has 3 N–H and O–H groups in total. The molecule has 0 bridgehead atoms. The highest BCUT2D eigenvalue weighted by atomic mass is 32.2. The van der Waals surface area contributed by atoms with Crippen LogP contribution in [0.1, 0.15) is 13.8 Å². The van der Waals surface area contributed by atoms with Gasteiger partial charge in [-0.2, -0.15) is 0 Å². The van der Waals surface area contributed by atoms with E-state index in [9.17, 15) is 0 Å². The Balaban J connectivity index is 2.68. The molecule has 0 amide bonds. The molecule has 0 aliphatic rings. The zero-order valence-electron chi connectivity index (χ0n) is 4.77. The second-order valence-electron chi connectivity index (χ2n) is 1.86. The Morgan fingerprint density at radius 1 is 1.71 bits per heavy atom. The van der Waals surface area contributed by atoms with Crippen LogP contribution in [0.2, 0.25) is 0 Å². The molecule has 0 unspecified atom stereocenters. The van der Waals surface area contributed by atoms with Crippen LogP contribution in [0.5, 0.6) is 0 Å². The molecule has 0 saturated carbocycles. The van der Waals surface area contributed by atoms with Crippen molar-refractivity contribution in [2.75, 3.05) is 6.54 Å². The standard InChI is InChI=1S/C4H12N2S/c1-4(2)3-6-7-5/h4,6H,3,5H2,1-2H3. The lowest BCUT2D eigenvalue weighted by Gasteiger charge is -2.00. The van der Waals surface area contributed by atoms with Gasteiger partial charge in [0, 0.05) is 18.7 Å². The summed E-state index contributed by atoms with van der Waals surface area (Å²) in [7, 11) is 0. The van der Waals surface area contributed by atoms with Crippen LogP contribution in [0.25, 0.3) is 0 Å². The summed E-state index contributed by atoms with van der Waals surface area (Å²) in [5.41, 5.74) is 0. The topological polar surface area (TPSA) is 38.0 Å². The fraction of sp³-hybridized carbons (Fsp3) is 1.00. The van der Waals surface area contributed by atoms with Gasteiger partial charge in [-0.15, -0.1) is 0 Å². The van der Waals surface area contributed by atoms with Gasteiger partial charge in [-0.05, 0) is 5.92 Å². The second kappa shape index (κ2) is 4.43. The zero-order valence-corrected chi connectivity index (χ0v) is 5.59. The van der Waals surface area contributed by atoms with Crippen molar-refractivity contribution in [3.05, 3.63) is 0 Å². The van der Waals surface area contributed by atoms with E-state index < -0.39 is 0 Å². The van der Waals surface area contributed by atoms with Gasteiger partial charge >= 0.3 is 0 Å². The SMILES string of the molecule is CC(C)CNSN. The summed E-state index contributed by atoms with van der Waals surface area (Å²) in [5.74, 6) is 0.691. The van der Waals surface area contributed by atoms with Gasteiger partial charge in [0.15, 0.2) is 0 Å². The highest BCUT2D eigenvalue weighted by Gasteiger charge is 1.87. The van der Waals surface area contributed by atoms with Crippen LogP contribution in [0.3, 0.4) is 0 Å². The number of hydrogen-bond acceptors (Lipinski definition) is 3. The summed E-state index contributed by atoms with van der Waals surface area (Å²) in [6, 6.07) is 0. The molecule has 0 aliphatic carbocycles. The van der Waals surface area contributed by atoms with E-state index in [1.54, 1.807) is 0 Å². The summed E-state index contributed by atoms with van der Waals surface area (Å²) in [4.78, 5) is 0. The Bertz CT molecular complexity index is 38.7. The van der Waals surface area contributed by atoms with Gasteiger partial charge in [0.1, 0.15) is 0 Å². The molecule has 0 atom stereocenters. The van der Waals surface area contributed by atoms with E-state index >= 15 is 0 Å². The Morgan fingerprint density at radius 3 is 2.43 bits per heavy atom. The maximum atomic E-state index is 5.08. The fourth-order valence-corrected chi connectivity index (χ4v) is 0.644. The van der Waals surface area contributed by atoms with E-state index in [0.29, 0.717) is 5.92 Å². The van der Waals surface area contributed by atoms with Gasteiger partial charge in [0.25, 0.3) is 0 Å². The van der Waals surface area contributed by atoms with Crippen molar-refractivity contribution in [3.8, 4) is 0 Å². The quantitative estimate of drug-likeness (QED) is 0.540. The van der Waals surface area contributed by atoms with E-state index in [4.69, 9.17) is 5.14 Å². The minimum absolute atomic E-state index is 0.691. The molecule has 3 heteroatoms. The van der Waals surface area contributed by atoms with Gasteiger partial charge in [0.05, 0.1) is 0 Å². The summed E-state index contributed by atoms with van der Waals surface area (Å²) in [6.07, 6.45) is 0. The average molecular weight is 120 g/mol. The third-order valence-electron chi connectivity index (χ3n) is 0.575. The van der Waals surface area contributed by atoms with Crippen molar-refractivity contribution >= 4 is 12.1 Å². The Morgan fingerprint density at radius 2 is 2.29 bits per heavy atom. The van der Waals surface area contributed by atoms with Crippen molar-refractivity contribution < 1.29 is 0 Å². The van der Waals surface area contributed by atoms with Crippen molar-refractivity contribution in [1.82, 2.24) is 4.72 Å². The predicted molar refractivity (Wildman–Crippen MR) is 34.6 cm³/mol. The first-order chi connectivity index (χ1) is 3.27. The number of hydrogen-bond donors (Lipinski definition) is 2. The first-order valence-corrected chi connectivity index (χ1v) is 3.24. The molecule has 0 fully saturated rings. The maximum Gasteiger partial charge on any atom is 0.00935 e. The van der Waals surface area contributed by atoms with E-state index in [0.717, 1.165) is 6.54 Å². The molecule has 2 nitrogen and oxygen atoms in total. The molecule has 0 heterocycles. The molecule has 0 saturated heterocycles. The van der Waals surface area contributed by atoms with Crippen molar-refractivity contribution in [2.45, 2.75) is 13.8 Å². The summed E-state index contributed by atoms with van der Waals surface area (Å²) in [6.45, 7) is 5.27. The first kappa shape index (κ1) is 7.27. The van der Waals surface area contributed by atoms with Gasteiger partial charge in [-0.1, -0.05) is 13.8 Å². The normalized spacial score (nSPS) is 10.3. The zero-order chi connectivity index (χ0) is 5.70. The second-order valence-corrected chi connectivity index (χ2v) is 2.38. The minimum atomic E-state index is 0.691. The monoisotopic (exact) mass is 120 g/mol. The molecule has 0 rings (SSSR count). The Labute approximate surface area is 49.1 Å². The van der Waals surface area contributed by atoms with Crippen LogP contribution in [-0.4, -0.2) is 6.54 Å². The van der Waals surface area contributed by atoms with E-state index in [1.807, 2.05) is 0 Å². The number of nitrogens with one attached hydrogen (secondary N) is 1. The Kier molecular flexibility index (Phi) is 4.60. The molecule has 7 heavy (non-hydrogen) atoms. The predicted octanol–water partition coefficient (Wildman–Crippen LogP) is 0.754. The third-order valence-corrected chi connectivity index (χ3v) is 0.908. The van der Waals surface area contributed by atoms with Crippen LogP contribution in [0.15, 0.2) is 0 Å². The molecule has 0 spiro atoms. The lowest BCUT2D eigenvalue weighted by Crippen LogP contribution is -2.13. The summed E-state index contributed by atoms with van der Waals surface area (Å²) >= 11 is 1.18. The molecule has 0 aliphatic heterocycles. The molecule has 0 radical (unpaired) electrons. The van der Waals surface area contributed by atoms with Crippen LogP contribution >= 0.6 is 12.1 Å². The molecular weight excluding hydrogens is 108 g/mol. The van der Waals surface area contributed by atoms with Crippen molar-refractivity contribution in [1.29, 1.82) is 0 Å². The highest BCUT2D eigenvalue weighted by Crippen LogP contribution is 1.88. The number of rotatable bonds is 3. The Hall–Kier alpha value is 0.270. The van der Waals surface area contributed by atoms with Crippen LogP contribution in [0.4, 0.5) is 0 Å². The van der Waals surface area contributed by atoms with Crippen LogP contribution in [0, 0.1) is 5.92 Å². The van der Waals surface area contributed by atoms with E-state index in [1.165, 1.54) is 12.1 Å². The maximum absolute atomic E-state index is 5.08. The fourth-order valence-electron chi connectivity index (χ4n) is 0.215. The average Bonchev–Trinajstić information content (AvgIpc) is 1.61.